The van der Waals surface area contributed by atoms with E-state index >= 15 is 0 Å². The predicted molar refractivity (Wildman–Crippen MR) is 65.4 cm³/mol. The molecule has 1 aliphatic rings. The number of para-hydroxylation sites is 1. The van der Waals surface area contributed by atoms with Crippen molar-refractivity contribution >= 4 is 5.69 Å². The van der Waals surface area contributed by atoms with Gasteiger partial charge in [-0.25, -0.2) is 0 Å². The summed E-state index contributed by atoms with van der Waals surface area (Å²) in [6.45, 7) is 5.69. The topological polar surface area (TPSA) is 15.3 Å². The second-order valence-corrected chi connectivity index (χ2v) is 4.49. The van der Waals surface area contributed by atoms with Crippen molar-refractivity contribution in [2.24, 2.45) is 5.92 Å². The number of hydrogen-bond donors (Lipinski definition) is 1. The summed E-state index contributed by atoms with van der Waals surface area (Å²) in [6, 6.07) is 8.79. The summed E-state index contributed by atoms with van der Waals surface area (Å²) in [5.41, 5.74) is 2.94. The molecule has 2 heteroatoms. The van der Waals surface area contributed by atoms with E-state index in [1.54, 1.807) is 0 Å². The molecule has 0 aromatic heterocycles. The van der Waals surface area contributed by atoms with E-state index in [2.05, 4.69) is 41.4 Å². The lowest BCUT2D eigenvalue weighted by molar-refractivity contribution is 0.528. The minimum Gasteiger partial charge on any atom is -0.370 e. The number of hydrogen-bond acceptors (Lipinski definition) is 2. The molecule has 1 N–H and O–H groups in total. The quantitative estimate of drug-likeness (QED) is 0.809. The highest BCUT2D eigenvalue weighted by atomic mass is 15.2. The fourth-order valence-electron chi connectivity index (χ4n) is 2.36. The summed E-state index contributed by atoms with van der Waals surface area (Å²) in [5, 5.41) is 3.22. The molecule has 0 aliphatic carbocycles. The summed E-state index contributed by atoms with van der Waals surface area (Å²) >= 11 is 0. The van der Waals surface area contributed by atoms with E-state index in [0.29, 0.717) is 0 Å². The predicted octanol–water partition coefficient (Wildman–Crippen LogP) is 1.90. The zero-order chi connectivity index (χ0) is 10.7. The van der Waals surface area contributed by atoms with Crippen molar-refractivity contribution in [1.29, 1.82) is 0 Å². The lowest BCUT2D eigenvalue weighted by Crippen LogP contribution is -2.38. The van der Waals surface area contributed by atoms with Crippen LogP contribution in [0, 0.1) is 5.92 Å². The van der Waals surface area contributed by atoms with E-state index < -0.39 is 0 Å². The highest BCUT2D eigenvalue weighted by Crippen LogP contribution is 2.28. The Balaban J connectivity index is 2.18. The van der Waals surface area contributed by atoms with Crippen LogP contribution in [0.2, 0.25) is 0 Å². The molecule has 0 radical (unpaired) electrons. The molecule has 1 unspecified atom stereocenters. The van der Waals surface area contributed by atoms with Gasteiger partial charge >= 0.3 is 0 Å². The van der Waals surface area contributed by atoms with Gasteiger partial charge in [0.1, 0.15) is 0 Å². The lowest BCUT2D eigenvalue weighted by atomic mass is 9.94. The SMILES string of the molecule is CNCCN1CC(C)Cc2ccccc21. The average Bonchev–Trinajstić information content (AvgIpc) is 2.25. The van der Waals surface area contributed by atoms with Crippen molar-refractivity contribution in [3.8, 4) is 0 Å². The first-order valence-corrected chi connectivity index (χ1v) is 5.78. The van der Waals surface area contributed by atoms with Crippen LogP contribution < -0.4 is 10.2 Å². The number of nitrogens with zero attached hydrogens (tertiary/aromatic N) is 1. The fraction of sp³-hybridized carbons (Fsp3) is 0.538. The van der Waals surface area contributed by atoms with E-state index in [4.69, 9.17) is 0 Å². The highest BCUT2D eigenvalue weighted by Gasteiger charge is 2.20. The Kier molecular flexibility index (Phi) is 3.27. The van der Waals surface area contributed by atoms with Gasteiger partial charge in [0.25, 0.3) is 0 Å². The number of benzene rings is 1. The Labute approximate surface area is 92.3 Å². The molecule has 1 aromatic rings. The average molecular weight is 204 g/mol. The van der Waals surface area contributed by atoms with Crippen molar-refractivity contribution in [3.63, 3.8) is 0 Å². The van der Waals surface area contributed by atoms with Crippen LogP contribution in [0.3, 0.4) is 0 Å². The molecule has 0 saturated carbocycles. The monoisotopic (exact) mass is 204 g/mol. The van der Waals surface area contributed by atoms with E-state index in [0.717, 1.165) is 19.0 Å². The van der Waals surface area contributed by atoms with Gasteiger partial charge in [0.2, 0.25) is 0 Å². The maximum absolute atomic E-state index is 3.22. The first kappa shape index (κ1) is 10.5. The first-order chi connectivity index (χ1) is 7.31. The van der Waals surface area contributed by atoms with Gasteiger partial charge in [-0.05, 0) is 31.0 Å². The molecule has 1 aromatic carbocycles. The molecule has 0 saturated heterocycles. The van der Waals surface area contributed by atoms with Crippen LogP contribution >= 0.6 is 0 Å². The Morgan fingerprint density at radius 2 is 2.20 bits per heavy atom. The molecule has 1 aliphatic heterocycles. The molecule has 15 heavy (non-hydrogen) atoms. The van der Waals surface area contributed by atoms with Crippen LogP contribution in [0.25, 0.3) is 0 Å². The molecule has 1 atom stereocenters. The molecule has 2 rings (SSSR count). The molecule has 0 fully saturated rings. The Bertz CT molecular complexity index is 322. The van der Waals surface area contributed by atoms with E-state index in [1.165, 1.54) is 24.2 Å². The van der Waals surface area contributed by atoms with Crippen LogP contribution in [-0.2, 0) is 6.42 Å². The highest BCUT2D eigenvalue weighted by molar-refractivity contribution is 5.55. The second-order valence-electron chi connectivity index (χ2n) is 4.49. The number of likely N-dealkylation sites (N-methyl/N-ethyl adjacent to an activating group) is 1. The molecular formula is C13H20N2. The third kappa shape index (κ3) is 2.32. The third-order valence-corrected chi connectivity index (χ3v) is 3.06. The summed E-state index contributed by atoms with van der Waals surface area (Å²) in [4.78, 5) is 2.50. The smallest absolute Gasteiger partial charge is 0.0399 e. The van der Waals surface area contributed by atoms with Crippen LogP contribution in [0.1, 0.15) is 12.5 Å². The second kappa shape index (κ2) is 4.67. The molecule has 0 amide bonds. The minimum absolute atomic E-state index is 0.775. The van der Waals surface area contributed by atoms with E-state index in [1.807, 2.05) is 7.05 Å². The van der Waals surface area contributed by atoms with Gasteiger partial charge in [0.05, 0.1) is 0 Å². The Hall–Kier alpha value is -1.02. The van der Waals surface area contributed by atoms with Gasteiger partial charge in [-0.2, -0.15) is 0 Å². The van der Waals surface area contributed by atoms with Crippen LogP contribution in [0.15, 0.2) is 24.3 Å². The molecular weight excluding hydrogens is 184 g/mol. The van der Waals surface area contributed by atoms with Crippen molar-refractivity contribution in [2.45, 2.75) is 13.3 Å². The molecule has 0 bridgehead atoms. The van der Waals surface area contributed by atoms with Crippen LogP contribution in [0.4, 0.5) is 5.69 Å². The lowest BCUT2D eigenvalue weighted by Gasteiger charge is -2.34. The third-order valence-electron chi connectivity index (χ3n) is 3.06. The molecule has 0 spiro atoms. The number of rotatable bonds is 3. The van der Waals surface area contributed by atoms with E-state index in [-0.39, 0.29) is 0 Å². The van der Waals surface area contributed by atoms with E-state index in [9.17, 15) is 0 Å². The zero-order valence-electron chi connectivity index (χ0n) is 9.66. The standard InChI is InChI=1S/C13H20N2/c1-11-9-12-5-3-4-6-13(12)15(10-11)8-7-14-2/h3-6,11,14H,7-10H2,1-2H3. The number of anilines is 1. The maximum Gasteiger partial charge on any atom is 0.0399 e. The fourth-order valence-corrected chi connectivity index (χ4v) is 2.36. The van der Waals surface area contributed by atoms with Gasteiger partial charge in [-0.15, -0.1) is 0 Å². The van der Waals surface area contributed by atoms with Gasteiger partial charge in [0, 0.05) is 25.3 Å². The van der Waals surface area contributed by atoms with Crippen LogP contribution in [-0.4, -0.2) is 26.7 Å². The van der Waals surface area contributed by atoms with Crippen molar-refractivity contribution < 1.29 is 0 Å². The largest absolute Gasteiger partial charge is 0.370 e. The van der Waals surface area contributed by atoms with Gasteiger partial charge in [-0.3, -0.25) is 0 Å². The molecule has 82 valence electrons. The molecule has 2 nitrogen and oxygen atoms in total. The zero-order valence-corrected chi connectivity index (χ0v) is 9.66. The Morgan fingerprint density at radius 3 is 3.00 bits per heavy atom. The molecule has 1 heterocycles. The summed E-state index contributed by atoms with van der Waals surface area (Å²) in [5.74, 6) is 0.775. The van der Waals surface area contributed by atoms with Gasteiger partial charge in [-0.1, -0.05) is 25.1 Å². The maximum atomic E-state index is 3.22. The summed E-state index contributed by atoms with van der Waals surface area (Å²) in [6.07, 6.45) is 1.23. The van der Waals surface area contributed by atoms with Gasteiger partial charge < -0.3 is 10.2 Å². The van der Waals surface area contributed by atoms with Gasteiger partial charge in [0.15, 0.2) is 0 Å². The number of nitrogens with one attached hydrogen (secondary N) is 1. The Morgan fingerprint density at radius 1 is 1.40 bits per heavy atom. The normalized spacial score (nSPS) is 20.1. The number of fused-ring (bicyclic) bond motifs is 1. The summed E-state index contributed by atoms with van der Waals surface area (Å²) < 4.78 is 0. The summed E-state index contributed by atoms with van der Waals surface area (Å²) in [7, 11) is 2.01. The van der Waals surface area contributed by atoms with Crippen LogP contribution in [0.5, 0.6) is 0 Å². The van der Waals surface area contributed by atoms with Crippen molar-refractivity contribution in [2.75, 3.05) is 31.6 Å². The minimum atomic E-state index is 0.775. The van der Waals surface area contributed by atoms with Crippen molar-refractivity contribution in [3.05, 3.63) is 29.8 Å². The van der Waals surface area contributed by atoms with Crippen molar-refractivity contribution in [1.82, 2.24) is 5.32 Å². The first-order valence-electron chi connectivity index (χ1n) is 5.78.